The molecule has 1 N–H and O–H groups in total. The minimum atomic E-state index is -0.199. The summed E-state index contributed by atoms with van der Waals surface area (Å²) in [4.78, 5) is 16.4. The minimum Gasteiger partial charge on any atom is -0.497 e. The average molecular weight is 249 g/mol. The first-order valence-electron chi connectivity index (χ1n) is 5.69. The molecule has 96 valence electrons. The smallest absolute Gasteiger partial charge is 0.248 e. The van der Waals surface area contributed by atoms with Gasteiger partial charge in [0.05, 0.1) is 26.4 Å². The van der Waals surface area contributed by atoms with E-state index in [1.165, 1.54) is 0 Å². The summed E-state index contributed by atoms with van der Waals surface area (Å²) in [7, 11) is 1.60. The number of hydrogen-bond acceptors (Lipinski definition) is 4. The first-order valence-corrected chi connectivity index (χ1v) is 5.69. The van der Waals surface area contributed by atoms with E-state index in [0.29, 0.717) is 12.2 Å². The highest BCUT2D eigenvalue weighted by Crippen LogP contribution is 2.25. The Bertz CT molecular complexity index is 547. The number of benzene rings is 1. The van der Waals surface area contributed by atoms with Gasteiger partial charge in [0.1, 0.15) is 11.3 Å². The Morgan fingerprint density at radius 2 is 2.28 bits per heavy atom. The van der Waals surface area contributed by atoms with E-state index in [4.69, 9.17) is 14.0 Å². The van der Waals surface area contributed by atoms with Gasteiger partial charge in [-0.15, -0.1) is 0 Å². The van der Waals surface area contributed by atoms with E-state index in [1.807, 2.05) is 12.1 Å². The standard InChI is InChI=1S/C13H15NO4/c1-3-18-14-13(15)6-9-8-17-12-7-10(16-2)4-5-11(9)12/h4-5,7-8H,3,6H2,1-2H3,(H,14,15). The first kappa shape index (κ1) is 12.4. The van der Waals surface area contributed by atoms with Gasteiger partial charge in [0, 0.05) is 17.0 Å². The zero-order valence-electron chi connectivity index (χ0n) is 10.4. The predicted octanol–water partition coefficient (Wildman–Crippen LogP) is 2.05. The molecule has 0 aliphatic carbocycles. The summed E-state index contributed by atoms with van der Waals surface area (Å²) >= 11 is 0. The Balaban J connectivity index is 2.16. The monoisotopic (exact) mass is 249 g/mol. The van der Waals surface area contributed by atoms with Gasteiger partial charge in [-0.25, -0.2) is 5.48 Å². The zero-order chi connectivity index (χ0) is 13.0. The molecule has 0 fully saturated rings. The largest absolute Gasteiger partial charge is 0.497 e. The van der Waals surface area contributed by atoms with Crippen LogP contribution in [0.5, 0.6) is 5.75 Å². The van der Waals surface area contributed by atoms with Crippen molar-refractivity contribution in [2.75, 3.05) is 13.7 Å². The van der Waals surface area contributed by atoms with Crippen molar-refractivity contribution < 1.29 is 18.8 Å². The molecule has 1 aromatic heterocycles. The van der Waals surface area contributed by atoms with Crippen molar-refractivity contribution in [3.63, 3.8) is 0 Å². The molecule has 1 heterocycles. The number of methoxy groups -OCH3 is 1. The van der Waals surface area contributed by atoms with Crippen LogP contribution in [0, 0.1) is 0 Å². The lowest BCUT2D eigenvalue weighted by atomic mass is 10.1. The molecular formula is C13H15NO4. The number of carbonyl (C=O) groups is 1. The molecule has 0 unspecified atom stereocenters. The lowest BCUT2D eigenvalue weighted by Crippen LogP contribution is -2.25. The van der Waals surface area contributed by atoms with Crippen molar-refractivity contribution in [1.82, 2.24) is 5.48 Å². The van der Waals surface area contributed by atoms with Gasteiger partial charge in [0.2, 0.25) is 5.91 Å². The number of hydroxylamine groups is 1. The molecule has 5 heteroatoms. The molecule has 0 bridgehead atoms. The maximum atomic E-state index is 11.5. The lowest BCUT2D eigenvalue weighted by Gasteiger charge is -2.02. The van der Waals surface area contributed by atoms with Crippen molar-refractivity contribution in [2.45, 2.75) is 13.3 Å². The molecule has 5 nitrogen and oxygen atoms in total. The molecule has 1 amide bonds. The van der Waals surface area contributed by atoms with Crippen molar-refractivity contribution in [2.24, 2.45) is 0 Å². The predicted molar refractivity (Wildman–Crippen MR) is 66.2 cm³/mol. The van der Waals surface area contributed by atoms with Gasteiger partial charge in [-0.1, -0.05) is 0 Å². The highest BCUT2D eigenvalue weighted by Gasteiger charge is 2.11. The number of nitrogens with one attached hydrogen (secondary N) is 1. The van der Waals surface area contributed by atoms with E-state index < -0.39 is 0 Å². The van der Waals surface area contributed by atoms with Crippen LogP contribution in [0.2, 0.25) is 0 Å². The highest BCUT2D eigenvalue weighted by molar-refractivity contribution is 5.87. The third kappa shape index (κ3) is 2.62. The fourth-order valence-corrected chi connectivity index (χ4v) is 1.69. The molecular weight excluding hydrogens is 234 g/mol. The van der Waals surface area contributed by atoms with Crippen LogP contribution >= 0.6 is 0 Å². The van der Waals surface area contributed by atoms with Gasteiger partial charge in [-0.05, 0) is 19.1 Å². The molecule has 2 aromatic rings. The van der Waals surface area contributed by atoms with Crippen LogP contribution in [0.25, 0.3) is 11.0 Å². The van der Waals surface area contributed by atoms with E-state index in [0.717, 1.165) is 16.7 Å². The maximum Gasteiger partial charge on any atom is 0.248 e. The van der Waals surface area contributed by atoms with Crippen molar-refractivity contribution >= 4 is 16.9 Å². The first-order chi connectivity index (χ1) is 8.74. The molecule has 0 saturated heterocycles. The Kier molecular flexibility index (Phi) is 3.84. The quantitative estimate of drug-likeness (QED) is 0.824. The summed E-state index contributed by atoms with van der Waals surface area (Å²) in [6, 6.07) is 5.50. The summed E-state index contributed by atoms with van der Waals surface area (Å²) in [5, 5.41) is 0.905. The van der Waals surface area contributed by atoms with Gasteiger partial charge < -0.3 is 9.15 Å². The second kappa shape index (κ2) is 5.55. The van der Waals surface area contributed by atoms with Crippen LogP contribution in [0.15, 0.2) is 28.9 Å². The van der Waals surface area contributed by atoms with Crippen LogP contribution < -0.4 is 10.2 Å². The third-order valence-corrected chi connectivity index (χ3v) is 2.54. The van der Waals surface area contributed by atoms with Gasteiger partial charge in [-0.3, -0.25) is 9.63 Å². The second-order valence-corrected chi connectivity index (χ2v) is 3.76. The highest BCUT2D eigenvalue weighted by atomic mass is 16.6. The summed E-state index contributed by atoms with van der Waals surface area (Å²) < 4.78 is 10.5. The normalized spacial score (nSPS) is 10.6. The Labute approximate surface area is 105 Å². The fourth-order valence-electron chi connectivity index (χ4n) is 1.69. The number of rotatable bonds is 5. The van der Waals surface area contributed by atoms with E-state index in [2.05, 4.69) is 5.48 Å². The summed E-state index contributed by atoms with van der Waals surface area (Å²) in [6.45, 7) is 2.24. The van der Waals surface area contributed by atoms with Crippen LogP contribution in [-0.2, 0) is 16.1 Å². The Hall–Kier alpha value is -2.01. The van der Waals surface area contributed by atoms with Gasteiger partial charge in [0.25, 0.3) is 0 Å². The molecule has 0 aliphatic heterocycles. The Morgan fingerprint density at radius 3 is 3.00 bits per heavy atom. The fraction of sp³-hybridized carbons (Fsp3) is 0.308. The van der Waals surface area contributed by atoms with Crippen LogP contribution in [0.4, 0.5) is 0 Å². The molecule has 0 spiro atoms. The summed E-state index contributed by atoms with van der Waals surface area (Å²) in [5.74, 6) is 0.525. The van der Waals surface area contributed by atoms with E-state index in [1.54, 1.807) is 26.4 Å². The Morgan fingerprint density at radius 1 is 1.44 bits per heavy atom. The number of ether oxygens (including phenoxy) is 1. The maximum absolute atomic E-state index is 11.5. The molecule has 0 aliphatic rings. The van der Waals surface area contributed by atoms with Gasteiger partial charge >= 0.3 is 0 Å². The molecule has 0 radical (unpaired) electrons. The molecule has 1 aromatic carbocycles. The number of amides is 1. The number of fused-ring (bicyclic) bond motifs is 1. The molecule has 18 heavy (non-hydrogen) atoms. The van der Waals surface area contributed by atoms with E-state index >= 15 is 0 Å². The molecule has 2 rings (SSSR count). The van der Waals surface area contributed by atoms with E-state index in [-0.39, 0.29) is 12.3 Å². The van der Waals surface area contributed by atoms with Crippen molar-refractivity contribution in [3.8, 4) is 5.75 Å². The van der Waals surface area contributed by atoms with E-state index in [9.17, 15) is 4.79 Å². The molecule has 0 atom stereocenters. The number of furan rings is 1. The van der Waals surface area contributed by atoms with Gasteiger partial charge in [-0.2, -0.15) is 0 Å². The van der Waals surface area contributed by atoms with Crippen LogP contribution in [0.1, 0.15) is 12.5 Å². The average Bonchev–Trinajstić information content (AvgIpc) is 2.78. The number of hydrogen-bond donors (Lipinski definition) is 1. The van der Waals surface area contributed by atoms with Crippen LogP contribution in [0.3, 0.4) is 0 Å². The third-order valence-electron chi connectivity index (χ3n) is 2.54. The SMILES string of the molecule is CCONC(=O)Cc1coc2cc(OC)ccc12. The zero-order valence-corrected chi connectivity index (χ0v) is 10.4. The lowest BCUT2D eigenvalue weighted by molar-refractivity contribution is -0.132. The second-order valence-electron chi connectivity index (χ2n) is 3.76. The topological polar surface area (TPSA) is 60.7 Å². The van der Waals surface area contributed by atoms with Crippen LogP contribution in [-0.4, -0.2) is 19.6 Å². The summed E-state index contributed by atoms with van der Waals surface area (Å²) in [6.07, 6.45) is 1.80. The van der Waals surface area contributed by atoms with Crippen molar-refractivity contribution in [1.29, 1.82) is 0 Å². The summed E-state index contributed by atoms with van der Waals surface area (Å²) in [5.41, 5.74) is 3.88. The minimum absolute atomic E-state index is 0.199. The van der Waals surface area contributed by atoms with Crippen molar-refractivity contribution in [3.05, 3.63) is 30.0 Å². The van der Waals surface area contributed by atoms with Gasteiger partial charge in [0.15, 0.2) is 0 Å². The molecule has 0 saturated carbocycles. The number of carbonyl (C=O) groups excluding carboxylic acids is 1.